The summed E-state index contributed by atoms with van der Waals surface area (Å²) in [7, 11) is 3.35. The summed E-state index contributed by atoms with van der Waals surface area (Å²) in [4.78, 5) is 21.4. The van der Waals surface area contributed by atoms with Gasteiger partial charge in [-0.25, -0.2) is 9.97 Å². The van der Waals surface area contributed by atoms with E-state index in [0.717, 1.165) is 18.7 Å². The molecule has 1 fully saturated rings. The van der Waals surface area contributed by atoms with Crippen LogP contribution in [-0.4, -0.2) is 34.9 Å². The molecule has 1 aromatic rings. The first-order valence-electron chi connectivity index (χ1n) is 4.93. The third-order valence-electron chi connectivity index (χ3n) is 2.42. The van der Waals surface area contributed by atoms with Gasteiger partial charge < -0.3 is 10.6 Å². The lowest BCUT2D eigenvalue weighted by Crippen LogP contribution is -2.23. The molecule has 1 saturated carbocycles. The molecule has 0 aromatic carbocycles. The highest BCUT2D eigenvalue weighted by Crippen LogP contribution is 2.38. The van der Waals surface area contributed by atoms with Gasteiger partial charge in [-0.3, -0.25) is 4.79 Å². The summed E-state index contributed by atoms with van der Waals surface area (Å²) in [6.45, 7) is 0. The number of nitrogens with zero attached hydrogens (tertiary/aromatic N) is 3. The first-order valence-corrected chi connectivity index (χ1v) is 4.93. The number of aromatic nitrogens is 2. The van der Waals surface area contributed by atoms with Gasteiger partial charge in [0, 0.05) is 26.2 Å². The fourth-order valence-electron chi connectivity index (χ4n) is 1.35. The Morgan fingerprint density at radius 2 is 2.20 bits per heavy atom. The van der Waals surface area contributed by atoms with E-state index in [0.29, 0.717) is 11.5 Å². The molecule has 2 N–H and O–H groups in total. The monoisotopic (exact) mass is 206 g/mol. The number of anilines is 1. The van der Waals surface area contributed by atoms with E-state index in [9.17, 15) is 4.79 Å². The first-order chi connectivity index (χ1) is 7.09. The van der Waals surface area contributed by atoms with Crippen LogP contribution in [0.1, 0.15) is 34.9 Å². The fraction of sp³-hybridized carbons (Fsp3) is 0.500. The van der Waals surface area contributed by atoms with E-state index < -0.39 is 0 Å². The summed E-state index contributed by atoms with van der Waals surface area (Å²) >= 11 is 0. The van der Waals surface area contributed by atoms with Gasteiger partial charge in [0.1, 0.15) is 11.6 Å². The zero-order valence-corrected chi connectivity index (χ0v) is 8.90. The van der Waals surface area contributed by atoms with Crippen molar-refractivity contribution in [2.45, 2.75) is 18.8 Å². The molecule has 0 atom stereocenters. The number of nitrogens with two attached hydrogens (primary N) is 1. The van der Waals surface area contributed by atoms with Crippen molar-refractivity contribution in [1.82, 2.24) is 14.9 Å². The Balaban J connectivity index is 2.29. The molecule has 0 spiro atoms. The minimum atomic E-state index is -0.158. The third kappa shape index (κ3) is 1.91. The molecule has 1 amide bonds. The molecule has 0 aliphatic heterocycles. The zero-order chi connectivity index (χ0) is 11.0. The number of amides is 1. The Bertz CT molecular complexity index is 398. The molecule has 1 heterocycles. The van der Waals surface area contributed by atoms with Crippen molar-refractivity contribution in [3.63, 3.8) is 0 Å². The minimum absolute atomic E-state index is 0.158. The third-order valence-corrected chi connectivity index (χ3v) is 2.42. The van der Waals surface area contributed by atoms with Crippen LogP contribution in [0.2, 0.25) is 0 Å². The Hall–Kier alpha value is -1.65. The van der Waals surface area contributed by atoms with Gasteiger partial charge in [-0.2, -0.15) is 0 Å². The lowest BCUT2D eigenvalue weighted by Gasteiger charge is -2.11. The van der Waals surface area contributed by atoms with E-state index in [2.05, 4.69) is 9.97 Å². The summed E-state index contributed by atoms with van der Waals surface area (Å²) in [6, 6.07) is 0. The van der Waals surface area contributed by atoms with Crippen molar-refractivity contribution >= 4 is 11.7 Å². The Labute approximate surface area is 88.3 Å². The number of rotatable bonds is 2. The van der Waals surface area contributed by atoms with Crippen LogP contribution in [-0.2, 0) is 0 Å². The quantitative estimate of drug-likeness (QED) is 0.770. The summed E-state index contributed by atoms with van der Waals surface area (Å²) in [5.74, 6) is 1.35. The maximum atomic E-state index is 11.6. The van der Waals surface area contributed by atoms with Gasteiger partial charge in [0.2, 0.25) is 0 Å². The van der Waals surface area contributed by atoms with Crippen molar-refractivity contribution in [3.05, 3.63) is 17.6 Å². The van der Waals surface area contributed by atoms with Gasteiger partial charge >= 0.3 is 0 Å². The summed E-state index contributed by atoms with van der Waals surface area (Å²) < 4.78 is 0. The number of hydrogen-bond acceptors (Lipinski definition) is 4. The van der Waals surface area contributed by atoms with Crippen molar-refractivity contribution in [1.29, 1.82) is 0 Å². The average molecular weight is 206 g/mol. The van der Waals surface area contributed by atoms with Crippen molar-refractivity contribution in [2.24, 2.45) is 0 Å². The molecule has 0 unspecified atom stereocenters. The molecule has 1 aliphatic rings. The molecule has 15 heavy (non-hydrogen) atoms. The molecule has 0 saturated heterocycles. The number of nitrogen functional groups attached to an aromatic ring is 1. The van der Waals surface area contributed by atoms with Crippen LogP contribution < -0.4 is 5.73 Å². The van der Waals surface area contributed by atoms with E-state index in [1.807, 2.05) is 0 Å². The van der Waals surface area contributed by atoms with Gasteiger partial charge in [0.25, 0.3) is 5.91 Å². The number of carbonyl (C=O) groups excluding carboxylic acids is 1. The number of carbonyl (C=O) groups is 1. The predicted octanol–water partition coefficient (Wildman–Crippen LogP) is 0.638. The van der Waals surface area contributed by atoms with Gasteiger partial charge in [0.15, 0.2) is 0 Å². The second kappa shape index (κ2) is 3.49. The SMILES string of the molecule is CN(C)C(=O)c1cnc(C2CC2)nc1N. The topological polar surface area (TPSA) is 72.1 Å². The van der Waals surface area contributed by atoms with Crippen LogP contribution in [0.3, 0.4) is 0 Å². The molecule has 5 nitrogen and oxygen atoms in total. The maximum absolute atomic E-state index is 11.6. The molecule has 80 valence electrons. The maximum Gasteiger partial charge on any atom is 0.258 e. The summed E-state index contributed by atoms with van der Waals surface area (Å²) in [5.41, 5.74) is 6.11. The van der Waals surface area contributed by atoms with Crippen LogP contribution in [0.4, 0.5) is 5.82 Å². The van der Waals surface area contributed by atoms with Gasteiger partial charge in [0.05, 0.1) is 5.56 Å². The Kier molecular flexibility index (Phi) is 2.30. The average Bonchev–Trinajstić information content (AvgIpc) is 2.99. The minimum Gasteiger partial charge on any atom is -0.383 e. The highest BCUT2D eigenvalue weighted by molar-refractivity contribution is 5.97. The first kappa shape index (κ1) is 9.89. The molecular formula is C10H14N4O. The van der Waals surface area contributed by atoms with E-state index in [1.165, 1.54) is 11.1 Å². The lowest BCUT2D eigenvalue weighted by molar-refractivity contribution is 0.0828. The van der Waals surface area contributed by atoms with Gasteiger partial charge in [-0.15, -0.1) is 0 Å². The van der Waals surface area contributed by atoms with Crippen LogP contribution in [0.5, 0.6) is 0 Å². The lowest BCUT2D eigenvalue weighted by atomic mass is 10.2. The van der Waals surface area contributed by atoms with Crippen molar-refractivity contribution in [3.8, 4) is 0 Å². The summed E-state index contributed by atoms with van der Waals surface area (Å²) in [5, 5.41) is 0. The molecule has 0 bridgehead atoms. The van der Waals surface area contributed by atoms with E-state index >= 15 is 0 Å². The van der Waals surface area contributed by atoms with E-state index in [4.69, 9.17) is 5.73 Å². The smallest absolute Gasteiger partial charge is 0.258 e. The predicted molar refractivity (Wildman–Crippen MR) is 56.4 cm³/mol. The van der Waals surface area contributed by atoms with Crippen LogP contribution >= 0.6 is 0 Å². The van der Waals surface area contributed by atoms with Crippen LogP contribution in [0, 0.1) is 0 Å². The van der Waals surface area contributed by atoms with Crippen LogP contribution in [0.25, 0.3) is 0 Å². The Morgan fingerprint density at radius 3 is 2.67 bits per heavy atom. The standard InChI is InChI=1S/C10H14N4O/c1-14(2)10(15)7-5-12-9(6-3-4-6)13-8(7)11/h5-6H,3-4H2,1-2H3,(H2,11,12,13). The second-order valence-electron chi connectivity index (χ2n) is 4.00. The Morgan fingerprint density at radius 1 is 1.53 bits per heavy atom. The largest absolute Gasteiger partial charge is 0.383 e. The molecular weight excluding hydrogens is 192 g/mol. The van der Waals surface area contributed by atoms with E-state index in [-0.39, 0.29) is 11.7 Å². The molecule has 1 aliphatic carbocycles. The zero-order valence-electron chi connectivity index (χ0n) is 8.90. The normalized spacial score (nSPS) is 15.1. The fourth-order valence-corrected chi connectivity index (χ4v) is 1.35. The highest BCUT2D eigenvalue weighted by Gasteiger charge is 2.27. The van der Waals surface area contributed by atoms with Crippen molar-refractivity contribution < 1.29 is 4.79 Å². The van der Waals surface area contributed by atoms with E-state index in [1.54, 1.807) is 14.1 Å². The second-order valence-corrected chi connectivity index (χ2v) is 4.00. The molecule has 0 radical (unpaired) electrons. The highest BCUT2D eigenvalue weighted by atomic mass is 16.2. The van der Waals surface area contributed by atoms with Crippen LogP contribution in [0.15, 0.2) is 6.20 Å². The van der Waals surface area contributed by atoms with Gasteiger partial charge in [-0.05, 0) is 12.8 Å². The number of hydrogen-bond donors (Lipinski definition) is 1. The molecule has 1 aromatic heterocycles. The molecule has 2 rings (SSSR count). The molecule has 5 heteroatoms. The van der Waals surface area contributed by atoms with Crippen molar-refractivity contribution in [2.75, 3.05) is 19.8 Å². The van der Waals surface area contributed by atoms with Gasteiger partial charge in [-0.1, -0.05) is 0 Å². The summed E-state index contributed by atoms with van der Waals surface area (Å²) in [6.07, 6.45) is 3.78.